The fourth-order valence-electron chi connectivity index (χ4n) is 1.62. The predicted molar refractivity (Wildman–Crippen MR) is 80.5 cm³/mol. The zero-order chi connectivity index (χ0) is 13.4. The van der Waals surface area contributed by atoms with E-state index in [4.69, 9.17) is 4.99 Å². The highest BCUT2D eigenvalue weighted by atomic mass is 14.7. The lowest BCUT2D eigenvalue weighted by molar-refractivity contribution is 1.26. The lowest BCUT2D eigenvalue weighted by Crippen LogP contribution is -1.95. The number of allylic oxidation sites excluding steroid dienone is 1. The van der Waals surface area contributed by atoms with Crippen molar-refractivity contribution in [3.05, 3.63) is 42.0 Å². The highest BCUT2D eigenvalue weighted by Gasteiger charge is 2.00. The van der Waals surface area contributed by atoms with E-state index in [0.717, 1.165) is 30.7 Å². The number of benzene rings is 1. The Labute approximate surface area is 111 Å². The van der Waals surface area contributed by atoms with Crippen molar-refractivity contribution in [3.8, 4) is 11.8 Å². The van der Waals surface area contributed by atoms with Crippen molar-refractivity contribution in [2.75, 3.05) is 0 Å². The Bertz CT molecular complexity index is 498. The summed E-state index contributed by atoms with van der Waals surface area (Å²) < 4.78 is 0. The number of aryl methyl sites for hydroxylation is 2. The maximum absolute atomic E-state index is 4.72. The van der Waals surface area contributed by atoms with Gasteiger partial charge in [0.05, 0.1) is 5.69 Å². The van der Waals surface area contributed by atoms with Gasteiger partial charge in [-0.05, 0) is 31.0 Å². The van der Waals surface area contributed by atoms with Gasteiger partial charge in [-0.15, -0.1) is 12.5 Å². The summed E-state index contributed by atoms with van der Waals surface area (Å²) in [6, 6.07) is 6.33. The van der Waals surface area contributed by atoms with E-state index < -0.39 is 0 Å². The molecule has 0 aromatic heterocycles. The van der Waals surface area contributed by atoms with Gasteiger partial charge in [0.2, 0.25) is 0 Å². The third kappa shape index (κ3) is 4.59. The standard InChI is InChI=1S/C17H21N/c1-5-7-8-10-16(9-6-2)18-17-13-14(3)11-12-15(17)4/h6,11-13H,2,5,9-10H2,1,3-4H3. The number of nitrogens with zero attached hydrogens (tertiary/aromatic N) is 1. The van der Waals surface area contributed by atoms with E-state index in [0.29, 0.717) is 0 Å². The van der Waals surface area contributed by atoms with Gasteiger partial charge in [-0.3, -0.25) is 4.99 Å². The van der Waals surface area contributed by atoms with E-state index in [2.05, 4.69) is 57.4 Å². The van der Waals surface area contributed by atoms with Crippen molar-refractivity contribution in [1.82, 2.24) is 0 Å². The molecule has 1 aromatic rings. The molecule has 0 unspecified atom stereocenters. The van der Waals surface area contributed by atoms with Gasteiger partial charge in [-0.2, -0.15) is 0 Å². The first-order chi connectivity index (χ1) is 8.67. The SMILES string of the molecule is C=CCC(CC#CCC)=Nc1cc(C)ccc1C. The number of rotatable bonds is 4. The van der Waals surface area contributed by atoms with Crippen LogP contribution >= 0.6 is 0 Å². The van der Waals surface area contributed by atoms with Crippen LogP contribution in [0.5, 0.6) is 0 Å². The molecule has 0 amide bonds. The average molecular weight is 239 g/mol. The summed E-state index contributed by atoms with van der Waals surface area (Å²) in [5.41, 5.74) is 4.56. The van der Waals surface area contributed by atoms with Crippen LogP contribution in [0.3, 0.4) is 0 Å². The first-order valence-corrected chi connectivity index (χ1v) is 6.37. The van der Waals surface area contributed by atoms with Crippen molar-refractivity contribution in [1.29, 1.82) is 0 Å². The smallest absolute Gasteiger partial charge is 0.0661 e. The maximum Gasteiger partial charge on any atom is 0.0661 e. The largest absolute Gasteiger partial charge is 0.256 e. The zero-order valence-corrected chi connectivity index (χ0v) is 11.6. The van der Waals surface area contributed by atoms with Gasteiger partial charge in [-0.25, -0.2) is 0 Å². The monoisotopic (exact) mass is 239 g/mol. The van der Waals surface area contributed by atoms with Crippen molar-refractivity contribution in [2.45, 2.75) is 40.0 Å². The minimum atomic E-state index is 0.729. The summed E-state index contributed by atoms with van der Waals surface area (Å²) in [5, 5.41) is 0. The fraction of sp³-hybridized carbons (Fsp3) is 0.353. The van der Waals surface area contributed by atoms with Crippen LogP contribution in [0.2, 0.25) is 0 Å². The molecule has 0 N–H and O–H groups in total. The molecule has 0 aliphatic heterocycles. The van der Waals surface area contributed by atoms with Crippen LogP contribution in [0.15, 0.2) is 35.8 Å². The highest BCUT2D eigenvalue weighted by Crippen LogP contribution is 2.21. The first kappa shape index (κ1) is 14.3. The number of hydrogen-bond donors (Lipinski definition) is 0. The van der Waals surface area contributed by atoms with Crippen LogP contribution in [0.25, 0.3) is 0 Å². The summed E-state index contributed by atoms with van der Waals surface area (Å²) >= 11 is 0. The maximum atomic E-state index is 4.72. The normalized spacial score (nSPS) is 10.7. The molecule has 0 spiro atoms. The molecule has 1 heteroatoms. The predicted octanol–water partition coefficient (Wildman–Crippen LogP) is 4.76. The molecule has 18 heavy (non-hydrogen) atoms. The molecule has 0 saturated carbocycles. The minimum absolute atomic E-state index is 0.729. The molecule has 0 aliphatic rings. The Morgan fingerprint density at radius 3 is 2.78 bits per heavy atom. The Hall–Kier alpha value is -1.81. The Morgan fingerprint density at radius 2 is 2.11 bits per heavy atom. The summed E-state index contributed by atoms with van der Waals surface area (Å²) in [4.78, 5) is 4.72. The molecule has 0 aliphatic carbocycles. The van der Waals surface area contributed by atoms with Gasteiger partial charge >= 0.3 is 0 Å². The van der Waals surface area contributed by atoms with Crippen LogP contribution < -0.4 is 0 Å². The van der Waals surface area contributed by atoms with Gasteiger partial charge in [0.15, 0.2) is 0 Å². The summed E-state index contributed by atoms with van der Waals surface area (Å²) in [5.74, 6) is 6.23. The van der Waals surface area contributed by atoms with E-state index in [9.17, 15) is 0 Å². The zero-order valence-electron chi connectivity index (χ0n) is 11.6. The van der Waals surface area contributed by atoms with E-state index >= 15 is 0 Å². The molecule has 1 aromatic carbocycles. The van der Waals surface area contributed by atoms with Crippen LogP contribution in [0, 0.1) is 25.7 Å². The average Bonchev–Trinajstić information content (AvgIpc) is 2.34. The van der Waals surface area contributed by atoms with E-state index in [-0.39, 0.29) is 0 Å². The van der Waals surface area contributed by atoms with Gasteiger partial charge < -0.3 is 0 Å². The van der Waals surface area contributed by atoms with E-state index in [1.54, 1.807) is 0 Å². The van der Waals surface area contributed by atoms with Gasteiger partial charge in [0.1, 0.15) is 0 Å². The van der Waals surface area contributed by atoms with Crippen LogP contribution in [0.4, 0.5) is 5.69 Å². The van der Waals surface area contributed by atoms with Crippen LogP contribution in [0.1, 0.15) is 37.3 Å². The van der Waals surface area contributed by atoms with E-state index in [1.807, 2.05) is 6.08 Å². The van der Waals surface area contributed by atoms with Crippen molar-refractivity contribution in [3.63, 3.8) is 0 Å². The Kier molecular flexibility index (Phi) is 5.94. The molecule has 1 rings (SSSR count). The lowest BCUT2D eigenvalue weighted by atomic mass is 10.1. The molecule has 0 bridgehead atoms. The van der Waals surface area contributed by atoms with Crippen molar-refractivity contribution in [2.24, 2.45) is 4.99 Å². The van der Waals surface area contributed by atoms with Gasteiger partial charge in [-0.1, -0.05) is 31.1 Å². The third-order valence-corrected chi connectivity index (χ3v) is 2.62. The van der Waals surface area contributed by atoms with E-state index in [1.165, 1.54) is 11.1 Å². The molecule has 94 valence electrons. The van der Waals surface area contributed by atoms with Crippen LogP contribution in [-0.4, -0.2) is 5.71 Å². The topological polar surface area (TPSA) is 12.4 Å². The molecule has 0 atom stereocenters. The Balaban J connectivity index is 2.99. The highest BCUT2D eigenvalue weighted by molar-refractivity contribution is 5.90. The Morgan fingerprint density at radius 1 is 1.33 bits per heavy atom. The molecular formula is C17H21N. The lowest BCUT2D eigenvalue weighted by Gasteiger charge is -2.04. The first-order valence-electron chi connectivity index (χ1n) is 6.37. The van der Waals surface area contributed by atoms with Crippen LogP contribution in [-0.2, 0) is 0 Å². The molecule has 1 nitrogen and oxygen atoms in total. The molecule has 0 fully saturated rings. The summed E-state index contributed by atoms with van der Waals surface area (Å²) in [6.45, 7) is 10.0. The second-order valence-corrected chi connectivity index (χ2v) is 4.34. The van der Waals surface area contributed by atoms with Gasteiger partial charge in [0.25, 0.3) is 0 Å². The number of aliphatic imine (C=N–C) groups is 1. The quantitative estimate of drug-likeness (QED) is 0.408. The fourth-order valence-corrected chi connectivity index (χ4v) is 1.62. The minimum Gasteiger partial charge on any atom is -0.256 e. The van der Waals surface area contributed by atoms with Crippen molar-refractivity contribution >= 4 is 11.4 Å². The molecule has 0 heterocycles. The van der Waals surface area contributed by atoms with Gasteiger partial charge in [0, 0.05) is 25.0 Å². The third-order valence-electron chi connectivity index (χ3n) is 2.62. The molecule has 0 saturated heterocycles. The summed E-state index contributed by atoms with van der Waals surface area (Å²) in [7, 11) is 0. The molecular weight excluding hydrogens is 218 g/mol. The van der Waals surface area contributed by atoms with Crippen molar-refractivity contribution < 1.29 is 0 Å². The second kappa shape index (κ2) is 7.50. The number of hydrogen-bond acceptors (Lipinski definition) is 1. The second-order valence-electron chi connectivity index (χ2n) is 4.34. The molecule has 0 radical (unpaired) electrons. The summed E-state index contributed by atoms with van der Waals surface area (Å²) in [6.07, 6.45) is 4.31.